The van der Waals surface area contributed by atoms with Crippen LogP contribution in [-0.2, 0) is 9.53 Å². The molecule has 0 bridgehead atoms. The van der Waals surface area contributed by atoms with E-state index in [0.29, 0.717) is 23.4 Å². The normalized spacial score (nSPS) is 13.2. The molecule has 0 aliphatic carbocycles. The average Bonchev–Trinajstić information content (AvgIpc) is 3.02. The molecule has 1 aliphatic heterocycles. The zero-order valence-corrected chi connectivity index (χ0v) is 17.6. The summed E-state index contributed by atoms with van der Waals surface area (Å²) in [6, 6.07) is 14.8. The summed E-state index contributed by atoms with van der Waals surface area (Å²) in [4.78, 5) is 30.6. The highest BCUT2D eigenvalue weighted by molar-refractivity contribution is 6.26. The minimum atomic E-state index is -0.556. The summed E-state index contributed by atoms with van der Waals surface area (Å²) in [5.74, 6) is -0.739. The molecule has 7 heteroatoms. The van der Waals surface area contributed by atoms with Gasteiger partial charge >= 0.3 is 5.97 Å². The van der Waals surface area contributed by atoms with Crippen molar-refractivity contribution in [2.24, 2.45) is 4.99 Å². The van der Waals surface area contributed by atoms with Crippen LogP contribution in [0.15, 0.2) is 69.2 Å². The first-order chi connectivity index (χ1) is 15.0. The van der Waals surface area contributed by atoms with Crippen LogP contribution in [0.5, 0.6) is 0 Å². The van der Waals surface area contributed by atoms with Crippen molar-refractivity contribution in [2.75, 3.05) is 11.9 Å². The first-order valence-electron chi connectivity index (χ1n) is 10.2. The largest absolute Gasteiger partial charge is 0.462 e. The topological polar surface area (TPSA) is 92.9 Å². The fourth-order valence-corrected chi connectivity index (χ4v) is 3.56. The van der Waals surface area contributed by atoms with Gasteiger partial charge in [0.1, 0.15) is 17.0 Å². The molecule has 4 rings (SSSR count). The van der Waals surface area contributed by atoms with Crippen molar-refractivity contribution in [1.82, 2.24) is 5.32 Å². The Kier molecular flexibility index (Phi) is 5.58. The number of ether oxygens (including phenoxy) is 1. The van der Waals surface area contributed by atoms with E-state index in [9.17, 15) is 9.59 Å². The molecule has 0 unspecified atom stereocenters. The minimum absolute atomic E-state index is 0.123. The Morgan fingerprint density at radius 3 is 2.58 bits per heavy atom. The van der Waals surface area contributed by atoms with Gasteiger partial charge in [0.15, 0.2) is 5.76 Å². The number of furan rings is 1. The molecule has 1 amide bonds. The van der Waals surface area contributed by atoms with E-state index in [1.807, 2.05) is 62.4 Å². The van der Waals surface area contributed by atoms with Crippen molar-refractivity contribution >= 4 is 40.1 Å². The lowest BCUT2D eigenvalue weighted by Gasteiger charge is -2.14. The maximum absolute atomic E-state index is 13.2. The smallest absolute Gasteiger partial charge is 0.343 e. The number of carbonyl (C=O) groups excluding carboxylic acids is 2. The molecule has 158 valence electrons. The molecule has 0 saturated heterocycles. The molecule has 0 saturated carbocycles. The number of amidine groups is 1. The van der Waals surface area contributed by atoms with Crippen molar-refractivity contribution in [3.8, 4) is 0 Å². The van der Waals surface area contributed by atoms with E-state index in [1.54, 1.807) is 6.92 Å². The molecule has 1 aromatic heterocycles. The van der Waals surface area contributed by atoms with Crippen LogP contribution in [0.1, 0.15) is 36.4 Å². The molecule has 2 heterocycles. The molecule has 0 atom stereocenters. The maximum Gasteiger partial charge on any atom is 0.343 e. The average molecular weight is 417 g/mol. The summed E-state index contributed by atoms with van der Waals surface area (Å²) in [5.41, 5.74) is 3.50. The number of amides is 1. The summed E-state index contributed by atoms with van der Waals surface area (Å²) in [6.45, 7) is 5.68. The third-order valence-electron chi connectivity index (χ3n) is 5.08. The Bertz CT molecular complexity index is 1240. The fourth-order valence-electron chi connectivity index (χ4n) is 3.56. The van der Waals surface area contributed by atoms with E-state index >= 15 is 0 Å². The van der Waals surface area contributed by atoms with Gasteiger partial charge in [0.25, 0.3) is 5.91 Å². The number of hydrogen-bond acceptors (Lipinski definition) is 6. The number of para-hydroxylation sites is 3. The standard InChI is InChI=1S/C24H23N3O4/c1-4-16-20(24(29)30-5-2)22(26-18-12-8-7-11-17(18)25-16)27-23(28)21-14(3)15-10-6-9-13-19(15)31-21/h6-13,25H,4-5H2,1-3H3,(H,26,27,28). The predicted molar refractivity (Wildman–Crippen MR) is 120 cm³/mol. The molecular weight excluding hydrogens is 394 g/mol. The van der Waals surface area contributed by atoms with Gasteiger partial charge < -0.3 is 19.8 Å². The lowest BCUT2D eigenvalue weighted by atomic mass is 10.1. The molecule has 2 aromatic carbocycles. The number of benzene rings is 2. The molecule has 0 spiro atoms. The van der Waals surface area contributed by atoms with E-state index in [4.69, 9.17) is 9.15 Å². The number of rotatable bonds is 4. The Labute approximate surface area is 179 Å². The van der Waals surface area contributed by atoms with Gasteiger partial charge in [0.05, 0.1) is 18.0 Å². The highest BCUT2D eigenvalue weighted by atomic mass is 16.5. The first kappa shape index (κ1) is 20.4. The van der Waals surface area contributed by atoms with Crippen LogP contribution >= 0.6 is 0 Å². The zero-order valence-electron chi connectivity index (χ0n) is 17.6. The first-order valence-corrected chi connectivity index (χ1v) is 10.2. The third-order valence-corrected chi connectivity index (χ3v) is 5.08. The van der Waals surface area contributed by atoms with Crippen molar-refractivity contribution in [3.05, 3.63) is 71.1 Å². The second-order valence-electron chi connectivity index (χ2n) is 7.04. The summed E-state index contributed by atoms with van der Waals surface area (Å²) >= 11 is 0. The quantitative estimate of drug-likeness (QED) is 0.592. The van der Waals surface area contributed by atoms with Gasteiger partial charge in [-0.2, -0.15) is 0 Å². The second-order valence-corrected chi connectivity index (χ2v) is 7.04. The maximum atomic E-state index is 13.2. The van der Waals surface area contributed by atoms with Crippen molar-refractivity contribution in [1.29, 1.82) is 0 Å². The number of esters is 1. The van der Waals surface area contributed by atoms with Crippen LogP contribution in [-0.4, -0.2) is 24.3 Å². The van der Waals surface area contributed by atoms with Gasteiger partial charge in [0, 0.05) is 16.6 Å². The molecule has 7 nitrogen and oxygen atoms in total. The van der Waals surface area contributed by atoms with Crippen molar-refractivity contribution in [3.63, 3.8) is 0 Å². The van der Waals surface area contributed by atoms with E-state index in [-0.39, 0.29) is 23.8 Å². The molecular formula is C24H23N3O4. The molecule has 0 radical (unpaired) electrons. The number of aliphatic imine (C=N–C) groups is 1. The number of allylic oxidation sites excluding steroid dienone is 1. The Morgan fingerprint density at radius 1 is 1.10 bits per heavy atom. The van der Waals surface area contributed by atoms with E-state index in [1.165, 1.54) is 0 Å². The lowest BCUT2D eigenvalue weighted by Crippen LogP contribution is -2.35. The number of nitrogens with one attached hydrogen (secondary N) is 2. The number of fused-ring (bicyclic) bond motifs is 2. The Balaban J connectivity index is 1.80. The highest BCUT2D eigenvalue weighted by Gasteiger charge is 2.28. The van der Waals surface area contributed by atoms with E-state index in [2.05, 4.69) is 15.6 Å². The third kappa shape index (κ3) is 3.82. The second kappa shape index (κ2) is 8.47. The molecule has 3 aromatic rings. The van der Waals surface area contributed by atoms with Gasteiger partial charge in [-0.05, 0) is 38.5 Å². The summed E-state index contributed by atoms with van der Waals surface area (Å²) in [6.07, 6.45) is 0.515. The predicted octanol–water partition coefficient (Wildman–Crippen LogP) is 4.85. The van der Waals surface area contributed by atoms with Crippen molar-refractivity contribution in [2.45, 2.75) is 27.2 Å². The van der Waals surface area contributed by atoms with Crippen LogP contribution < -0.4 is 10.6 Å². The SMILES string of the molecule is CCOC(=O)C1=C(CC)Nc2ccccc2N=C1NC(=O)c1oc2ccccc2c1C. The number of nitrogens with zero attached hydrogens (tertiary/aromatic N) is 1. The van der Waals surface area contributed by atoms with Gasteiger partial charge in [-0.3, -0.25) is 4.79 Å². The van der Waals surface area contributed by atoms with E-state index in [0.717, 1.165) is 16.6 Å². The lowest BCUT2D eigenvalue weighted by molar-refractivity contribution is -0.137. The van der Waals surface area contributed by atoms with Crippen LogP contribution in [0.4, 0.5) is 11.4 Å². The summed E-state index contributed by atoms with van der Waals surface area (Å²) in [5, 5.41) is 6.91. The molecule has 31 heavy (non-hydrogen) atoms. The number of hydrogen-bond donors (Lipinski definition) is 2. The van der Waals surface area contributed by atoms with Gasteiger partial charge in [-0.15, -0.1) is 0 Å². The number of anilines is 1. The van der Waals surface area contributed by atoms with Crippen molar-refractivity contribution < 1.29 is 18.7 Å². The fraction of sp³-hybridized carbons (Fsp3) is 0.208. The molecule has 2 N–H and O–H groups in total. The zero-order chi connectivity index (χ0) is 22.0. The van der Waals surface area contributed by atoms with E-state index < -0.39 is 11.9 Å². The van der Waals surface area contributed by atoms with Crippen LogP contribution in [0.25, 0.3) is 11.0 Å². The van der Waals surface area contributed by atoms with Gasteiger partial charge in [-0.1, -0.05) is 37.3 Å². The van der Waals surface area contributed by atoms with Crippen LogP contribution in [0.2, 0.25) is 0 Å². The molecule has 0 fully saturated rings. The van der Waals surface area contributed by atoms with Gasteiger partial charge in [0.2, 0.25) is 0 Å². The highest BCUT2D eigenvalue weighted by Crippen LogP contribution is 2.31. The molecule has 1 aliphatic rings. The monoisotopic (exact) mass is 417 g/mol. The summed E-state index contributed by atoms with van der Waals surface area (Å²) in [7, 11) is 0. The Hall–Kier alpha value is -3.87. The number of aryl methyl sites for hydroxylation is 1. The minimum Gasteiger partial charge on any atom is -0.462 e. The number of carbonyl (C=O) groups is 2. The Morgan fingerprint density at radius 2 is 1.84 bits per heavy atom. The van der Waals surface area contributed by atoms with Gasteiger partial charge in [-0.25, -0.2) is 9.79 Å². The summed E-state index contributed by atoms with van der Waals surface area (Å²) < 4.78 is 11.0. The van der Waals surface area contributed by atoms with Crippen LogP contribution in [0.3, 0.4) is 0 Å². The van der Waals surface area contributed by atoms with Crippen LogP contribution in [0, 0.1) is 6.92 Å².